The number of hydrogen-bond acceptors (Lipinski definition) is 4. The first-order valence-corrected chi connectivity index (χ1v) is 7.48. The Labute approximate surface area is 112 Å². The first-order chi connectivity index (χ1) is 8.82. The van der Waals surface area contributed by atoms with E-state index in [1.54, 1.807) is 7.05 Å². The zero-order chi connectivity index (χ0) is 14.2. The number of piperidine rings is 1. The highest BCUT2D eigenvalue weighted by molar-refractivity contribution is 7.89. The third-order valence-electron chi connectivity index (χ3n) is 3.37. The Morgan fingerprint density at radius 2 is 1.95 bits per heavy atom. The Morgan fingerprint density at radius 3 is 2.42 bits per heavy atom. The lowest BCUT2D eigenvalue weighted by Gasteiger charge is -2.28. The van der Waals surface area contributed by atoms with Crippen LogP contribution in [0, 0.1) is 0 Å². The Balaban J connectivity index is 2.29. The van der Waals surface area contributed by atoms with Crippen LogP contribution in [-0.4, -0.2) is 42.3 Å². The van der Waals surface area contributed by atoms with Crippen molar-refractivity contribution in [2.45, 2.75) is 23.8 Å². The van der Waals surface area contributed by atoms with Crippen molar-refractivity contribution in [3.05, 3.63) is 18.0 Å². The molecule has 0 bridgehead atoms. The summed E-state index contributed by atoms with van der Waals surface area (Å²) >= 11 is 0. The van der Waals surface area contributed by atoms with E-state index in [9.17, 15) is 13.2 Å². The van der Waals surface area contributed by atoms with Gasteiger partial charge in [0.2, 0.25) is 10.0 Å². The molecule has 0 unspecified atom stereocenters. The van der Waals surface area contributed by atoms with Crippen LogP contribution in [0.25, 0.3) is 0 Å². The fourth-order valence-corrected chi connectivity index (χ4v) is 3.73. The van der Waals surface area contributed by atoms with E-state index in [1.165, 1.54) is 21.1 Å². The van der Waals surface area contributed by atoms with Gasteiger partial charge in [-0.15, -0.1) is 0 Å². The van der Waals surface area contributed by atoms with Crippen LogP contribution in [0.5, 0.6) is 0 Å². The summed E-state index contributed by atoms with van der Waals surface area (Å²) in [5, 5.41) is 0. The number of rotatable bonds is 3. The summed E-state index contributed by atoms with van der Waals surface area (Å²) in [6.07, 6.45) is 2.70. The van der Waals surface area contributed by atoms with Crippen molar-refractivity contribution in [1.29, 1.82) is 0 Å². The second-order valence-corrected chi connectivity index (χ2v) is 6.72. The average molecular weight is 286 g/mol. The van der Waals surface area contributed by atoms with E-state index in [4.69, 9.17) is 11.5 Å². The van der Waals surface area contributed by atoms with Gasteiger partial charge >= 0.3 is 0 Å². The molecule has 2 rings (SSSR count). The Hall–Kier alpha value is -1.38. The van der Waals surface area contributed by atoms with Gasteiger partial charge in [-0.25, -0.2) is 8.42 Å². The molecule has 1 aromatic rings. The minimum absolute atomic E-state index is 0.0587. The highest BCUT2D eigenvalue weighted by Gasteiger charge is 2.29. The molecule has 7 nitrogen and oxygen atoms in total. The minimum atomic E-state index is -3.57. The summed E-state index contributed by atoms with van der Waals surface area (Å²) in [5.41, 5.74) is 11.1. The van der Waals surface area contributed by atoms with Crippen molar-refractivity contribution in [3.63, 3.8) is 0 Å². The van der Waals surface area contributed by atoms with Gasteiger partial charge in [0, 0.05) is 32.4 Å². The molecule has 0 radical (unpaired) electrons. The van der Waals surface area contributed by atoms with Crippen molar-refractivity contribution < 1.29 is 13.2 Å². The number of nitrogens with two attached hydrogens (primary N) is 2. The van der Waals surface area contributed by atoms with Gasteiger partial charge in [-0.05, 0) is 18.9 Å². The normalized spacial score (nSPS) is 18.6. The lowest BCUT2D eigenvalue weighted by molar-refractivity contribution is 0.0992. The van der Waals surface area contributed by atoms with E-state index < -0.39 is 15.9 Å². The predicted molar refractivity (Wildman–Crippen MR) is 69.9 cm³/mol. The lowest BCUT2D eigenvalue weighted by Crippen LogP contribution is -2.42. The molecule has 1 aromatic heterocycles. The molecule has 0 aromatic carbocycles. The molecule has 1 amide bonds. The largest absolute Gasteiger partial charge is 0.364 e. The van der Waals surface area contributed by atoms with Gasteiger partial charge in [-0.2, -0.15) is 4.31 Å². The summed E-state index contributed by atoms with van der Waals surface area (Å²) in [5.74, 6) is -0.649. The van der Waals surface area contributed by atoms with Crippen LogP contribution in [0.1, 0.15) is 23.3 Å². The zero-order valence-corrected chi connectivity index (χ0v) is 11.6. The van der Waals surface area contributed by atoms with E-state index >= 15 is 0 Å². The summed E-state index contributed by atoms with van der Waals surface area (Å²) in [7, 11) is -1.98. The first kappa shape index (κ1) is 14.0. The quantitative estimate of drug-likeness (QED) is 0.760. The van der Waals surface area contributed by atoms with Crippen LogP contribution in [0.3, 0.4) is 0 Å². The van der Waals surface area contributed by atoms with Crippen LogP contribution >= 0.6 is 0 Å². The minimum Gasteiger partial charge on any atom is -0.364 e. The maximum atomic E-state index is 12.4. The summed E-state index contributed by atoms with van der Waals surface area (Å²) in [6, 6.07) is 1.37. The number of nitrogens with zero attached hydrogens (tertiary/aromatic N) is 2. The van der Waals surface area contributed by atoms with Crippen molar-refractivity contribution in [1.82, 2.24) is 8.87 Å². The number of primary amides is 1. The van der Waals surface area contributed by atoms with Crippen molar-refractivity contribution in [2.75, 3.05) is 13.1 Å². The smallest absolute Gasteiger partial charge is 0.265 e. The first-order valence-electron chi connectivity index (χ1n) is 6.04. The monoisotopic (exact) mass is 286 g/mol. The highest BCUT2D eigenvalue weighted by atomic mass is 32.2. The Bertz CT molecular complexity index is 585. The van der Waals surface area contributed by atoms with Gasteiger partial charge in [0.25, 0.3) is 5.91 Å². The molecule has 0 spiro atoms. The van der Waals surface area contributed by atoms with Gasteiger partial charge < -0.3 is 16.0 Å². The molecular weight excluding hydrogens is 268 g/mol. The van der Waals surface area contributed by atoms with Crippen molar-refractivity contribution in [3.8, 4) is 0 Å². The molecule has 1 fully saturated rings. The van der Waals surface area contributed by atoms with Crippen molar-refractivity contribution >= 4 is 15.9 Å². The highest BCUT2D eigenvalue weighted by Crippen LogP contribution is 2.21. The number of carbonyl (C=O) groups excluding carboxylic acids is 1. The molecule has 1 aliphatic heterocycles. The second kappa shape index (κ2) is 4.95. The SMILES string of the molecule is Cn1cc(S(=O)(=O)N2CCC(N)CC2)cc1C(N)=O. The number of aryl methyl sites for hydroxylation is 1. The number of aromatic nitrogens is 1. The standard InChI is InChI=1S/C11H18N4O3S/c1-14-7-9(6-10(14)11(13)16)19(17,18)15-4-2-8(12)3-5-15/h6-8H,2-5,12H2,1H3,(H2,13,16). The maximum Gasteiger partial charge on any atom is 0.265 e. The van der Waals surface area contributed by atoms with Crippen LogP contribution in [0.2, 0.25) is 0 Å². The van der Waals surface area contributed by atoms with Crippen LogP contribution < -0.4 is 11.5 Å². The maximum absolute atomic E-state index is 12.4. The van der Waals surface area contributed by atoms with E-state index in [0.29, 0.717) is 25.9 Å². The number of carbonyl (C=O) groups is 1. The van der Waals surface area contributed by atoms with E-state index in [2.05, 4.69) is 0 Å². The van der Waals surface area contributed by atoms with Crippen LogP contribution in [0.4, 0.5) is 0 Å². The fraction of sp³-hybridized carbons (Fsp3) is 0.545. The lowest BCUT2D eigenvalue weighted by atomic mass is 10.1. The molecule has 0 atom stereocenters. The third kappa shape index (κ3) is 2.65. The summed E-state index contributed by atoms with van der Waals surface area (Å²) in [6.45, 7) is 0.814. The summed E-state index contributed by atoms with van der Waals surface area (Å²) in [4.78, 5) is 11.3. The van der Waals surface area contributed by atoms with Gasteiger partial charge in [0.05, 0.1) is 0 Å². The van der Waals surface area contributed by atoms with E-state index in [0.717, 1.165) is 0 Å². The molecule has 0 saturated carbocycles. The molecule has 2 heterocycles. The summed E-state index contributed by atoms with van der Waals surface area (Å²) < 4.78 is 27.6. The molecule has 8 heteroatoms. The van der Waals surface area contributed by atoms with Crippen molar-refractivity contribution in [2.24, 2.45) is 18.5 Å². The van der Waals surface area contributed by atoms with E-state index in [1.807, 2.05) is 0 Å². The topological polar surface area (TPSA) is 111 Å². The third-order valence-corrected chi connectivity index (χ3v) is 5.23. The molecule has 0 aliphatic carbocycles. The zero-order valence-electron chi connectivity index (χ0n) is 10.7. The van der Waals surface area contributed by atoms with Crippen LogP contribution in [0.15, 0.2) is 17.2 Å². The average Bonchev–Trinajstić information content (AvgIpc) is 2.72. The molecule has 4 N–H and O–H groups in total. The number of sulfonamides is 1. The molecule has 1 saturated heterocycles. The van der Waals surface area contributed by atoms with Gasteiger partial charge in [0.15, 0.2) is 0 Å². The number of hydrogen-bond donors (Lipinski definition) is 2. The van der Waals surface area contributed by atoms with Gasteiger partial charge in [-0.3, -0.25) is 4.79 Å². The predicted octanol–water partition coefficient (Wildman–Crippen LogP) is -0.764. The van der Waals surface area contributed by atoms with Gasteiger partial charge in [-0.1, -0.05) is 0 Å². The molecule has 19 heavy (non-hydrogen) atoms. The second-order valence-electron chi connectivity index (χ2n) is 4.78. The molecule has 106 valence electrons. The van der Waals surface area contributed by atoms with Crippen LogP contribution in [-0.2, 0) is 17.1 Å². The van der Waals surface area contributed by atoms with Gasteiger partial charge in [0.1, 0.15) is 10.6 Å². The molecular formula is C11H18N4O3S. The Kier molecular flexibility index (Phi) is 3.66. The fourth-order valence-electron chi connectivity index (χ4n) is 2.19. The Morgan fingerprint density at radius 1 is 1.37 bits per heavy atom. The van der Waals surface area contributed by atoms with E-state index in [-0.39, 0.29) is 16.6 Å². The molecule has 1 aliphatic rings. The number of amides is 1.